The zero-order chi connectivity index (χ0) is 20.3. The summed E-state index contributed by atoms with van der Waals surface area (Å²) in [5.41, 5.74) is 0. The van der Waals surface area contributed by atoms with Crippen molar-refractivity contribution in [2.75, 3.05) is 23.3 Å². The Morgan fingerprint density at radius 2 is 0.760 bits per heavy atom. The maximum atomic E-state index is 3.02. The maximum absolute atomic E-state index is 3.02. The third kappa shape index (κ3) is 2.87. The molecule has 1 heterocycles. The van der Waals surface area contributed by atoms with Gasteiger partial charge >= 0.3 is 0 Å². The molecular weight excluding hydrogens is 453 g/mol. The molecule has 1 aliphatic heterocycles. The zero-order valence-corrected chi connectivity index (χ0v) is 28.4. The lowest BCUT2D eigenvalue weighted by Crippen LogP contribution is -2.88. The highest BCUT2D eigenvalue weighted by atomic mass is 32.2. The molecule has 0 aromatic rings. The fraction of sp³-hybridized carbons (Fsp3) is 1.00. The molecule has 25 heavy (non-hydrogen) atoms. The molecule has 0 N–H and O–H groups in total. The van der Waals surface area contributed by atoms with Crippen LogP contribution in [-0.2, 0) is 0 Å². The van der Waals surface area contributed by atoms with Gasteiger partial charge in [-0.1, -0.05) is 78.6 Å². The molecule has 0 nitrogen and oxygen atoms in total. The Kier molecular flexibility index (Phi) is 7.24. The van der Waals surface area contributed by atoms with Crippen molar-refractivity contribution >= 4 is 73.3 Å². The Bertz CT molecular complexity index is 464. The minimum atomic E-state index is -1.20. The van der Waals surface area contributed by atoms with Crippen LogP contribution in [0.5, 0.6) is 0 Å². The lowest BCUT2D eigenvalue weighted by molar-refractivity contribution is 1.76. The SMILES string of the molecule is CSC[Si@@]1([Si](C)(C)C)[Si](C)(C)[Si](C)(C)[Si@@](CSC)([Si](C)(C)C)[Si]1(C)C. The van der Waals surface area contributed by atoms with Crippen molar-refractivity contribution in [2.24, 2.45) is 0 Å². The minimum Gasteiger partial charge on any atom is -0.169 e. The van der Waals surface area contributed by atoms with Crippen molar-refractivity contribution in [3.05, 3.63) is 0 Å². The molecule has 0 saturated carbocycles. The highest BCUT2D eigenvalue weighted by molar-refractivity contribution is 8.30. The van der Waals surface area contributed by atoms with E-state index in [9.17, 15) is 0 Å². The van der Waals surface area contributed by atoms with Crippen LogP contribution in [0.25, 0.3) is 0 Å². The van der Waals surface area contributed by atoms with Crippen LogP contribution in [0, 0.1) is 0 Å². The van der Waals surface area contributed by atoms with Gasteiger partial charge in [-0.25, -0.2) is 0 Å². The summed E-state index contributed by atoms with van der Waals surface area (Å²) in [6, 6.07) is 0. The summed E-state index contributed by atoms with van der Waals surface area (Å²) in [4.78, 5) is 0. The van der Waals surface area contributed by atoms with Crippen molar-refractivity contribution < 1.29 is 0 Å². The van der Waals surface area contributed by atoms with Gasteiger partial charge in [0.05, 0.1) is 0 Å². The first kappa shape index (κ1) is 25.3. The van der Waals surface area contributed by atoms with Crippen molar-refractivity contribution in [2.45, 2.75) is 78.6 Å². The zero-order valence-electron chi connectivity index (χ0n) is 19.7. The first-order valence-corrected chi connectivity index (χ1v) is 40.1. The Morgan fingerprint density at radius 3 is 0.920 bits per heavy atom. The smallest absolute Gasteiger partial charge is 0.0435 e. The normalized spacial score (nSPS) is 34.3. The van der Waals surface area contributed by atoms with Crippen LogP contribution in [0.4, 0.5) is 0 Å². The molecule has 0 unspecified atom stereocenters. The number of rotatable bonds is 6. The standard InChI is InChI=1S/C16H46S2Si7/c1-17-15-24(19(3,4)5)21(9,10)22(11,12)25(16-18-2,20(6,7)8)23(24,13)14/h15-16H2,1-14H3/t24-,25-/m1/s1. The summed E-state index contributed by atoms with van der Waals surface area (Å²) < 4.78 is 0. The quantitative estimate of drug-likeness (QED) is 0.408. The van der Waals surface area contributed by atoms with Gasteiger partial charge in [0, 0.05) is 49.8 Å². The van der Waals surface area contributed by atoms with Gasteiger partial charge in [0.25, 0.3) is 0 Å². The topological polar surface area (TPSA) is 0 Å². The number of hydrogen-bond acceptors (Lipinski definition) is 2. The number of hydrogen-bond donors (Lipinski definition) is 0. The van der Waals surface area contributed by atoms with Crippen LogP contribution in [-0.4, -0.2) is 73.0 Å². The molecule has 1 fully saturated rings. The minimum absolute atomic E-state index is 1.13. The highest BCUT2D eigenvalue weighted by Crippen LogP contribution is 2.58. The van der Waals surface area contributed by atoms with E-state index in [1.54, 1.807) is 10.8 Å². The summed E-state index contributed by atoms with van der Waals surface area (Å²) in [5.74, 6) is 0. The van der Waals surface area contributed by atoms with Crippen LogP contribution in [0.1, 0.15) is 0 Å². The first-order valence-electron chi connectivity index (χ1n) is 9.85. The van der Waals surface area contributed by atoms with E-state index in [0.717, 1.165) is 0 Å². The van der Waals surface area contributed by atoms with E-state index in [1.807, 2.05) is 0 Å². The third-order valence-corrected chi connectivity index (χ3v) is 209. The van der Waals surface area contributed by atoms with Gasteiger partial charge in [-0.3, -0.25) is 0 Å². The van der Waals surface area contributed by atoms with Crippen LogP contribution in [0.15, 0.2) is 0 Å². The summed E-state index contributed by atoms with van der Waals surface area (Å²) in [6.07, 6.45) is 4.89. The number of thioether (sulfide) groups is 2. The fourth-order valence-electron chi connectivity index (χ4n) is 8.33. The van der Waals surface area contributed by atoms with Crippen LogP contribution < -0.4 is 0 Å². The van der Waals surface area contributed by atoms with E-state index in [-0.39, 0.29) is 0 Å². The second kappa shape index (κ2) is 7.17. The molecule has 0 amide bonds. The molecule has 0 radical (unpaired) electrons. The lowest BCUT2D eigenvalue weighted by Gasteiger charge is -2.59. The van der Waals surface area contributed by atoms with E-state index in [2.05, 4.69) is 115 Å². The van der Waals surface area contributed by atoms with Crippen LogP contribution in [0.2, 0.25) is 78.6 Å². The van der Waals surface area contributed by atoms with Gasteiger partial charge in [-0.15, -0.1) is 0 Å². The Morgan fingerprint density at radius 1 is 0.520 bits per heavy atom. The Labute approximate surface area is 174 Å². The van der Waals surface area contributed by atoms with Crippen LogP contribution >= 0.6 is 23.5 Å². The maximum Gasteiger partial charge on any atom is 0.0435 e. The Hall–Kier alpha value is 2.22. The van der Waals surface area contributed by atoms with Crippen LogP contribution in [0.3, 0.4) is 0 Å². The summed E-state index contributed by atoms with van der Waals surface area (Å²) >= 11 is 4.56. The van der Waals surface area contributed by atoms with Gasteiger partial charge in [0.2, 0.25) is 0 Å². The summed E-state index contributed by atoms with van der Waals surface area (Å²) in [5, 5.41) is 3.29. The van der Waals surface area contributed by atoms with E-state index in [0.29, 0.717) is 0 Å². The van der Waals surface area contributed by atoms with Gasteiger partial charge in [-0.2, -0.15) is 23.5 Å². The van der Waals surface area contributed by atoms with Crippen molar-refractivity contribution in [3.8, 4) is 0 Å². The third-order valence-electron chi connectivity index (χ3n) is 9.11. The molecule has 9 heteroatoms. The molecule has 0 aromatic heterocycles. The molecule has 0 aliphatic carbocycles. The van der Waals surface area contributed by atoms with E-state index in [1.165, 1.54) is 0 Å². The van der Waals surface area contributed by atoms with E-state index < -0.39 is 49.8 Å². The molecule has 2 atom stereocenters. The van der Waals surface area contributed by atoms with Gasteiger partial charge in [-0.05, 0) is 23.3 Å². The summed E-state index contributed by atoms with van der Waals surface area (Å²) in [6.45, 7) is 32.6. The van der Waals surface area contributed by atoms with E-state index >= 15 is 0 Å². The fourth-order valence-corrected chi connectivity index (χ4v) is 409. The van der Waals surface area contributed by atoms with Gasteiger partial charge < -0.3 is 0 Å². The molecular formula is C16H46S2Si7. The van der Waals surface area contributed by atoms with Gasteiger partial charge in [0.1, 0.15) is 0 Å². The average molecular weight is 499 g/mol. The molecule has 150 valence electrons. The lowest BCUT2D eigenvalue weighted by atomic mass is 11.8. The second-order valence-electron chi connectivity index (χ2n) is 12.1. The molecule has 0 aromatic carbocycles. The molecule has 1 aliphatic rings. The monoisotopic (exact) mass is 498 g/mol. The molecule has 0 bridgehead atoms. The molecule has 1 rings (SSSR count). The average Bonchev–Trinajstić information content (AvgIpc) is 2.44. The molecule has 0 spiro atoms. The first-order chi connectivity index (χ1) is 10.9. The van der Waals surface area contributed by atoms with Crippen molar-refractivity contribution in [1.82, 2.24) is 0 Å². The van der Waals surface area contributed by atoms with Gasteiger partial charge in [0.15, 0.2) is 0 Å². The molecule has 1 saturated heterocycles. The predicted molar refractivity (Wildman–Crippen MR) is 147 cm³/mol. The van der Waals surface area contributed by atoms with Crippen molar-refractivity contribution in [3.63, 3.8) is 0 Å². The largest absolute Gasteiger partial charge is 0.169 e. The van der Waals surface area contributed by atoms with Crippen molar-refractivity contribution in [1.29, 1.82) is 0 Å². The highest BCUT2D eigenvalue weighted by Gasteiger charge is 2.85. The van der Waals surface area contributed by atoms with E-state index in [4.69, 9.17) is 0 Å². The Balaban J connectivity index is 4.12. The summed E-state index contributed by atoms with van der Waals surface area (Å²) in [7, 11) is -5.77. The second-order valence-corrected chi connectivity index (χ2v) is 98.3. The predicted octanol–water partition coefficient (Wildman–Crippen LogP) is 6.05.